The Morgan fingerprint density at radius 1 is 1.31 bits per heavy atom. The summed E-state index contributed by atoms with van der Waals surface area (Å²) in [6, 6.07) is 0. The van der Waals surface area contributed by atoms with Crippen molar-refractivity contribution in [2.75, 3.05) is 19.9 Å². The standard InChI is InChI=1S/C8H13FO4/c1-3-12-7(10)6(2)8(11)13-5-4-9/h6H,3-5H2,1-2H3. The fraction of sp³-hybridized carbons (Fsp3) is 0.750. The summed E-state index contributed by atoms with van der Waals surface area (Å²) in [4.78, 5) is 21.9. The van der Waals surface area contributed by atoms with Crippen LogP contribution in [0.15, 0.2) is 0 Å². The van der Waals surface area contributed by atoms with Crippen molar-refractivity contribution in [1.29, 1.82) is 0 Å². The minimum Gasteiger partial charge on any atom is -0.465 e. The molecule has 5 heteroatoms. The van der Waals surface area contributed by atoms with Crippen molar-refractivity contribution < 1.29 is 23.5 Å². The van der Waals surface area contributed by atoms with E-state index in [9.17, 15) is 14.0 Å². The third-order valence-corrected chi connectivity index (χ3v) is 1.32. The smallest absolute Gasteiger partial charge is 0.320 e. The molecule has 0 aliphatic carbocycles. The molecule has 0 fully saturated rings. The van der Waals surface area contributed by atoms with Crippen molar-refractivity contribution >= 4 is 11.9 Å². The van der Waals surface area contributed by atoms with Crippen LogP contribution in [0.2, 0.25) is 0 Å². The van der Waals surface area contributed by atoms with Crippen molar-refractivity contribution in [2.45, 2.75) is 13.8 Å². The van der Waals surface area contributed by atoms with E-state index in [1.54, 1.807) is 6.92 Å². The van der Waals surface area contributed by atoms with Gasteiger partial charge in [0.05, 0.1) is 6.61 Å². The Hall–Kier alpha value is -1.13. The fourth-order valence-electron chi connectivity index (χ4n) is 0.628. The minimum absolute atomic E-state index is 0.208. The number of halogens is 1. The molecule has 0 radical (unpaired) electrons. The first-order valence-electron chi connectivity index (χ1n) is 4.02. The van der Waals surface area contributed by atoms with Gasteiger partial charge in [-0.1, -0.05) is 0 Å². The van der Waals surface area contributed by atoms with Gasteiger partial charge in [0, 0.05) is 0 Å². The summed E-state index contributed by atoms with van der Waals surface area (Å²) in [5.41, 5.74) is 0. The lowest BCUT2D eigenvalue weighted by atomic mass is 10.2. The predicted molar refractivity (Wildman–Crippen MR) is 42.7 cm³/mol. The topological polar surface area (TPSA) is 52.6 Å². The summed E-state index contributed by atoms with van der Waals surface area (Å²) >= 11 is 0. The molecule has 0 saturated heterocycles. The Balaban J connectivity index is 3.87. The third kappa shape index (κ3) is 4.45. The van der Waals surface area contributed by atoms with E-state index in [4.69, 9.17) is 0 Å². The van der Waals surface area contributed by atoms with Crippen LogP contribution < -0.4 is 0 Å². The molecular weight excluding hydrogens is 179 g/mol. The Morgan fingerprint density at radius 2 is 1.85 bits per heavy atom. The second-order valence-electron chi connectivity index (χ2n) is 2.33. The molecule has 0 aliphatic rings. The van der Waals surface area contributed by atoms with Gasteiger partial charge in [0.1, 0.15) is 13.3 Å². The molecule has 1 unspecified atom stereocenters. The molecule has 0 bridgehead atoms. The number of carbonyl (C=O) groups excluding carboxylic acids is 2. The van der Waals surface area contributed by atoms with Crippen molar-refractivity contribution in [3.05, 3.63) is 0 Å². The minimum atomic E-state index is -0.980. The zero-order chi connectivity index (χ0) is 10.3. The lowest BCUT2D eigenvalue weighted by Crippen LogP contribution is -2.25. The Morgan fingerprint density at radius 3 is 2.31 bits per heavy atom. The van der Waals surface area contributed by atoms with Gasteiger partial charge in [-0.2, -0.15) is 0 Å². The second-order valence-corrected chi connectivity index (χ2v) is 2.33. The molecule has 0 N–H and O–H groups in total. The molecule has 0 saturated carbocycles. The summed E-state index contributed by atoms with van der Waals surface area (Å²) in [5.74, 6) is -2.38. The largest absolute Gasteiger partial charge is 0.465 e. The Kier molecular flexibility index (Phi) is 5.84. The zero-order valence-electron chi connectivity index (χ0n) is 7.71. The van der Waals surface area contributed by atoms with Crippen LogP contribution in [0.5, 0.6) is 0 Å². The predicted octanol–water partition coefficient (Wildman–Crippen LogP) is 0.698. The summed E-state index contributed by atoms with van der Waals surface area (Å²) in [6.45, 7) is 2.14. The van der Waals surface area contributed by atoms with E-state index in [0.717, 1.165) is 0 Å². The molecule has 76 valence electrons. The third-order valence-electron chi connectivity index (χ3n) is 1.32. The van der Waals surface area contributed by atoms with Gasteiger partial charge in [0.25, 0.3) is 0 Å². The van der Waals surface area contributed by atoms with Gasteiger partial charge < -0.3 is 9.47 Å². The molecule has 0 aliphatic heterocycles. The quantitative estimate of drug-likeness (QED) is 0.475. The van der Waals surface area contributed by atoms with Gasteiger partial charge >= 0.3 is 11.9 Å². The van der Waals surface area contributed by atoms with Gasteiger partial charge in [-0.25, -0.2) is 4.39 Å². The number of ether oxygens (including phenoxy) is 2. The maximum atomic E-state index is 11.6. The van der Waals surface area contributed by atoms with Crippen LogP contribution in [0.25, 0.3) is 0 Å². The van der Waals surface area contributed by atoms with E-state index in [0.29, 0.717) is 0 Å². The van der Waals surface area contributed by atoms with Gasteiger partial charge in [-0.15, -0.1) is 0 Å². The lowest BCUT2D eigenvalue weighted by Gasteiger charge is -2.08. The molecule has 0 aromatic rings. The molecule has 0 amide bonds. The van der Waals surface area contributed by atoms with E-state index in [1.165, 1.54) is 6.92 Å². The van der Waals surface area contributed by atoms with Gasteiger partial charge in [-0.3, -0.25) is 9.59 Å². The number of esters is 2. The number of alkyl halides is 1. The summed E-state index contributed by atoms with van der Waals surface area (Å²) in [5, 5.41) is 0. The molecule has 0 spiro atoms. The lowest BCUT2D eigenvalue weighted by molar-refractivity contribution is -0.161. The van der Waals surface area contributed by atoms with Crippen molar-refractivity contribution in [1.82, 2.24) is 0 Å². The SMILES string of the molecule is CCOC(=O)C(C)C(=O)OCCF. The maximum absolute atomic E-state index is 11.6. The molecule has 0 rings (SSSR count). The highest BCUT2D eigenvalue weighted by Crippen LogP contribution is 2.01. The normalized spacial score (nSPS) is 11.9. The van der Waals surface area contributed by atoms with E-state index in [1.807, 2.05) is 0 Å². The number of carbonyl (C=O) groups is 2. The van der Waals surface area contributed by atoms with Crippen molar-refractivity contribution in [3.8, 4) is 0 Å². The van der Waals surface area contributed by atoms with E-state index >= 15 is 0 Å². The van der Waals surface area contributed by atoms with E-state index < -0.39 is 24.5 Å². The first-order chi connectivity index (χ1) is 6.13. The number of hydrogen-bond donors (Lipinski definition) is 0. The van der Waals surface area contributed by atoms with Crippen LogP contribution in [0.3, 0.4) is 0 Å². The highest BCUT2D eigenvalue weighted by Gasteiger charge is 2.23. The molecule has 0 aromatic heterocycles. The molecule has 0 aromatic carbocycles. The second kappa shape index (κ2) is 6.39. The van der Waals surface area contributed by atoms with Crippen molar-refractivity contribution in [2.24, 2.45) is 5.92 Å². The van der Waals surface area contributed by atoms with E-state index in [-0.39, 0.29) is 13.2 Å². The monoisotopic (exact) mass is 192 g/mol. The van der Waals surface area contributed by atoms with Crippen LogP contribution in [-0.2, 0) is 19.1 Å². The van der Waals surface area contributed by atoms with E-state index in [2.05, 4.69) is 9.47 Å². The van der Waals surface area contributed by atoms with Crippen LogP contribution in [0, 0.1) is 5.92 Å². The number of rotatable bonds is 5. The zero-order valence-corrected chi connectivity index (χ0v) is 7.71. The Labute approximate surface area is 76.0 Å². The molecular formula is C8H13FO4. The highest BCUT2D eigenvalue weighted by molar-refractivity contribution is 5.94. The van der Waals surface area contributed by atoms with Crippen LogP contribution in [0.4, 0.5) is 4.39 Å². The summed E-state index contributed by atoms with van der Waals surface area (Å²) in [7, 11) is 0. The van der Waals surface area contributed by atoms with Crippen LogP contribution in [0.1, 0.15) is 13.8 Å². The fourth-order valence-corrected chi connectivity index (χ4v) is 0.628. The van der Waals surface area contributed by atoms with Crippen LogP contribution >= 0.6 is 0 Å². The first-order valence-corrected chi connectivity index (χ1v) is 4.02. The van der Waals surface area contributed by atoms with Gasteiger partial charge in [0.2, 0.25) is 0 Å². The summed E-state index contributed by atoms with van der Waals surface area (Å²) < 4.78 is 20.5. The molecule has 0 heterocycles. The average molecular weight is 192 g/mol. The molecule has 1 atom stereocenters. The first kappa shape index (κ1) is 11.9. The average Bonchev–Trinajstić information content (AvgIpc) is 2.13. The summed E-state index contributed by atoms with van der Waals surface area (Å²) in [6.07, 6.45) is 0. The molecule has 4 nitrogen and oxygen atoms in total. The molecule has 13 heavy (non-hydrogen) atoms. The van der Waals surface area contributed by atoms with Crippen molar-refractivity contribution in [3.63, 3.8) is 0 Å². The number of hydrogen-bond acceptors (Lipinski definition) is 4. The maximum Gasteiger partial charge on any atom is 0.320 e. The van der Waals surface area contributed by atoms with Gasteiger partial charge in [-0.05, 0) is 13.8 Å². The van der Waals surface area contributed by atoms with Gasteiger partial charge in [0.15, 0.2) is 5.92 Å². The highest BCUT2D eigenvalue weighted by atomic mass is 19.1. The van der Waals surface area contributed by atoms with Crippen LogP contribution in [-0.4, -0.2) is 31.8 Å². The Bertz CT molecular complexity index is 181.